The Morgan fingerprint density at radius 3 is 2.90 bits per heavy atom. The van der Waals surface area contributed by atoms with Crippen LogP contribution in [-0.4, -0.2) is 43.2 Å². The van der Waals surface area contributed by atoms with E-state index >= 15 is 0 Å². The summed E-state index contributed by atoms with van der Waals surface area (Å²) in [6.45, 7) is 3.31. The smallest absolute Gasteiger partial charge is 0.228 e. The number of carbonyl (C=O) groups excluding carboxylic acids is 1. The molecule has 1 unspecified atom stereocenters. The monoisotopic (exact) mass is 292 g/mol. The van der Waals surface area contributed by atoms with Crippen LogP contribution in [0.15, 0.2) is 24.3 Å². The van der Waals surface area contributed by atoms with Crippen LogP contribution in [0.4, 0.5) is 4.39 Å². The van der Waals surface area contributed by atoms with Crippen molar-refractivity contribution in [1.82, 2.24) is 10.2 Å². The first-order valence-corrected chi connectivity index (χ1v) is 7.58. The van der Waals surface area contributed by atoms with Crippen molar-refractivity contribution in [3.05, 3.63) is 35.6 Å². The predicted molar refractivity (Wildman–Crippen MR) is 77.2 cm³/mol. The van der Waals surface area contributed by atoms with Crippen LogP contribution in [0.5, 0.6) is 0 Å². The molecule has 2 aliphatic heterocycles. The minimum Gasteiger partial charge on any atom is -0.376 e. The van der Waals surface area contributed by atoms with E-state index in [0.717, 1.165) is 38.1 Å². The number of nitrogens with zero attached hydrogens (tertiary/aromatic N) is 1. The van der Waals surface area contributed by atoms with Crippen molar-refractivity contribution in [3.8, 4) is 0 Å². The van der Waals surface area contributed by atoms with Gasteiger partial charge in [0.15, 0.2) is 0 Å². The Morgan fingerprint density at radius 1 is 1.43 bits per heavy atom. The topological polar surface area (TPSA) is 41.6 Å². The number of hydrogen-bond acceptors (Lipinski definition) is 3. The van der Waals surface area contributed by atoms with Crippen molar-refractivity contribution in [2.45, 2.75) is 25.5 Å². The SMILES string of the molecule is O=C(C1CNC1)N(Cc1cccc(F)c1)CC1CCCO1. The van der Waals surface area contributed by atoms with E-state index in [1.165, 1.54) is 12.1 Å². The molecule has 4 nitrogen and oxygen atoms in total. The van der Waals surface area contributed by atoms with E-state index in [-0.39, 0.29) is 23.7 Å². The lowest BCUT2D eigenvalue weighted by atomic mass is 10.0. The van der Waals surface area contributed by atoms with Crippen molar-refractivity contribution in [3.63, 3.8) is 0 Å². The fourth-order valence-electron chi connectivity index (χ4n) is 2.84. The van der Waals surface area contributed by atoms with Gasteiger partial charge in [0.25, 0.3) is 0 Å². The summed E-state index contributed by atoms with van der Waals surface area (Å²) in [4.78, 5) is 14.4. The van der Waals surface area contributed by atoms with Crippen LogP contribution in [0.2, 0.25) is 0 Å². The molecule has 1 aromatic rings. The highest BCUT2D eigenvalue weighted by atomic mass is 19.1. The van der Waals surface area contributed by atoms with Crippen LogP contribution in [0.25, 0.3) is 0 Å². The molecule has 0 saturated carbocycles. The third-order valence-corrected chi connectivity index (χ3v) is 4.15. The lowest BCUT2D eigenvalue weighted by Gasteiger charge is -2.33. The maximum atomic E-state index is 13.3. The largest absolute Gasteiger partial charge is 0.376 e. The van der Waals surface area contributed by atoms with Crippen molar-refractivity contribution in [1.29, 1.82) is 0 Å². The molecular weight excluding hydrogens is 271 g/mol. The van der Waals surface area contributed by atoms with Crippen LogP contribution in [0, 0.1) is 11.7 Å². The van der Waals surface area contributed by atoms with Gasteiger partial charge in [0.1, 0.15) is 5.82 Å². The van der Waals surface area contributed by atoms with Crippen molar-refractivity contribution >= 4 is 5.91 Å². The zero-order valence-electron chi connectivity index (χ0n) is 12.1. The predicted octanol–water partition coefficient (Wildman–Crippen LogP) is 1.55. The summed E-state index contributed by atoms with van der Waals surface area (Å²) in [6.07, 6.45) is 2.17. The van der Waals surface area contributed by atoms with Gasteiger partial charge in [-0.05, 0) is 30.5 Å². The molecule has 2 heterocycles. The van der Waals surface area contributed by atoms with Gasteiger partial charge in [0, 0.05) is 32.8 Å². The van der Waals surface area contributed by atoms with E-state index in [9.17, 15) is 9.18 Å². The molecule has 1 N–H and O–H groups in total. The van der Waals surface area contributed by atoms with Crippen molar-refractivity contribution < 1.29 is 13.9 Å². The summed E-state index contributed by atoms with van der Waals surface area (Å²) in [5.74, 6) is -0.0594. The molecule has 0 bridgehead atoms. The molecule has 0 aromatic heterocycles. The summed E-state index contributed by atoms with van der Waals surface area (Å²) in [5, 5.41) is 3.12. The molecule has 0 radical (unpaired) electrons. The number of amides is 1. The first-order valence-electron chi connectivity index (χ1n) is 7.58. The summed E-state index contributed by atoms with van der Waals surface area (Å²) in [7, 11) is 0. The van der Waals surface area contributed by atoms with Gasteiger partial charge in [0.2, 0.25) is 5.91 Å². The van der Waals surface area contributed by atoms with E-state index < -0.39 is 0 Å². The van der Waals surface area contributed by atoms with Crippen molar-refractivity contribution in [2.24, 2.45) is 5.92 Å². The molecule has 1 amide bonds. The average molecular weight is 292 g/mol. The van der Waals surface area contributed by atoms with Gasteiger partial charge in [-0.2, -0.15) is 0 Å². The Balaban J connectivity index is 1.69. The van der Waals surface area contributed by atoms with Gasteiger partial charge in [-0.15, -0.1) is 0 Å². The molecule has 5 heteroatoms. The van der Waals surface area contributed by atoms with Gasteiger partial charge in [-0.3, -0.25) is 4.79 Å². The summed E-state index contributed by atoms with van der Waals surface area (Å²) in [6, 6.07) is 6.46. The lowest BCUT2D eigenvalue weighted by Crippen LogP contribution is -2.53. The average Bonchev–Trinajstić information content (AvgIpc) is 2.89. The zero-order valence-corrected chi connectivity index (χ0v) is 12.1. The zero-order chi connectivity index (χ0) is 14.7. The third kappa shape index (κ3) is 3.60. The van der Waals surface area contributed by atoms with Crippen LogP contribution < -0.4 is 5.32 Å². The molecule has 1 aromatic carbocycles. The molecule has 2 aliphatic rings. The fourth-order valence-corrected chi connectivity index (χ4v) is 2.84. The number of halogens is 1. The van der Waals surface area contributed by atoms with Gasteiger partial charge in [0.05, 0.1) is 12.0 Å². The maximum Gasteiger partial charge on any atom is 0.228 e. The van der Waals surface area contributed by atoms with Gasteiger partial charge in [-0.25, -0.2) is 4.39 Å². The highest BCUT2D eigenvalue weighted by molar-refractivity contribution is 5.80. The fraction of sp³-hybridized carbons (Fsp3) is 0.562. The van der Waals surface area contributed by atoms with Gasteiger partial charge in [-0.1, -0.05) is 12.1 Å². The third-order valence-electron chi connectivity index (χ3n) is 4.15. The number of hydrogen-bond donors (Lipinski definition) is 1. The quantitative estimate of drug-likeness (QED) is 0.895. The lowest BCUT2D eigenvalue weighted by molar-refractivity contribution is -0.139. The Morgan fingerprint density at radius 2 is 2.29 bits per heavy atom. The minimum atomic E-state index is -0.262. The molecule has 2 fully saturated rings. The summed E-state index contributed by atoms with van der Waals surface area (Å²) in [5.41, 5.74) is 0.827. The Labute approximate surface area is 124 Å². The second-order valence-electron chi connectivity index (χ2n) is 5.84. The number of ether oxygens (including phenoxy) is 1. The molecule has 114 valence electrons. The molecule has 1 atom stereocenters. The Kier molecular flexibility index (Phi) is 4.51. The first kappa shape index (κ1) is 14.5. The van der Waals surface area contributed by atoms with Gasteiger partial charge < -0.3 is 15.0 Å². The van der Waals surface area contributed by atoms with E-state index in [1.54, 1.807) is 6.07 Å². The molecule has 21 heavy (non-hydrogen) atoms. The van der Waals surface area contributed by atoms with Gasteiger partial charge >= 0.3 is 0 Å². The Bertz CT molecular complexity index is 499. The number of rotatable bonds is 5. The highest BCUT2D eigenvalue weighted by Gasteiger charge is 2.31. The second-order valence-corrected chi connectivity index (χ2v) is 5.84. The molecule has 0 aliphatic carbocycles. The molecule has 0 spiro atoms. The van der Waals surface area contributed by atoms with E-state index in [1.807, 2.05) is 11.0 Å². The first-order chi connectivity index (χ1) is 10.2. The van der Waals surface area contributed by atoms with Crippen LogP contribution in [0.3, 0.4) is 0 Å². The normalized spacial score (nSPS) is 22.0. The number of benzene rings is 1. The standard InChI is InChI=1S/C16H21FN2O2/c17-14-4-1-3-12(7-14)10-19(11-15-5-2-6-21-15)16(20)13-8-18-9-13/h1,3-4,7,13,15,18H,2,5-6,8-11H2. The number of nitrogens with one attached hydrogen (secondary N) is 1. The molecule has 2 saturated heterocycles. The number of carbonyl (C=O) groups is 1. The van der Waals surface area contributed by atoms with E-state index in [4.69, 9.17) is 4.74 Å². The summed E-state index contributed by atoms with van der Waals surface area (Å²) >= 11 is 0. The van der Waals surface area contributed by atoms with E-state index in [0.29, 0.717) is 13.1 Å². The second kappa shape index (κ2) is 6.54. The Hall–Kier alpha value is -1.46. The van der Waals surface area contributed by atoms with E-state index in [2.05, 4.69) is 5.32 Å². The highest BCUT2D eigenvalue weighted by Crippen LogP contribution is 2.18. The summed E-state index contributed by atoms with van der Waals surface area (Å²) < 4.78 is 19.0. The van der Waals surface area contributed by atoms with Crippen LogP contribution in [0.1, 0.15) is 18.4 Å². The van der Waals surface area contributed by atoms with Crippen LogP contribution >= 0.6 is 0 Å². The molecule has 3 rings (SSSR count). The molecular formula is C16H21FN2O2. The minimum absolute atomic E-state index is 0.0555. The van der Waals surface area contributed by atoms with Crippen LogP contribution in [-0.2, 0) is 16.1 Å². The maximum absolute atomic E-state index is 13.3. The van der Waals surface area contributed by atoms with Crippen molar-refractivity contribution in [2.75, 3.05) is 26.2 Å².